The number of hydrogen-bond acceptors (Lipinski definition) is 3. The number of esters is 1. The van der Waals surface area contributed by atoms with Crippen molar-refractivity contribution in [1.29, 1.82) is 0 Å². The number of nitrogens with one attached hydrogen (secondary N) is 1. The van der Waals surface area contributed by atoms with Crippen LogP contribution in [-0.4, -0.2) is 31.3 Å². The molecule has 80 valence electrons. The fraction of sp³-hybridized carbons (Fsp3) is 0.700. The van der Waals surface area contributed by atoms with Crippen molar-refractivity contribution in [2.75, 3.05) is 19.7 Å². The third kappa shape index (κ3) is 2.12. The van der Waals surface area contributed by atoms with Gasteiger partial charge in [0.25, 0.3) is 0 Å². The van der Waals surface area contributed by atoms with Crippen molar-refractivity contribution >= 4 is 5.97 Å². The van der Waals surface area contributed by atoms with Gasteiger partial charge in [0.1, 0.15) is 0 Å². The molecule has 0 radical (unpaired) electrons. The lowest BCUT2D eigenvalue weighted by atomic mass is 9.95. The van der Waals surface area contributed by atoms with Gasteiger partial charge in [-0.2, -0.15) is 0 Å². The summed E-state index contributed by atoms with van der Waals surface area (Å²) < 4.78 is 18.9. The maximum absolute atomic E-state index is 14.2. The quantitative estimate of drug-likeness (QED) is 0.539. The summed E-state index contributed by atoms with van der Waals surface area (Å²) in [4.78, 5) is 11.4. The van der Waals surface area contributed by atoms with Gasteiger partial charge < -0.3 is 10.1 Å². The smallest absolute Gasteiger partial charge is 0.349 e. The van der Waals surface area contributed by atoms with Gasteiger partial charge >= 0.3 is 5.97 Å². The Balaban J connectivity index is 2.76. The molecule has 1 rings (SSSR count). The number of rotatable bonds is 2. The molecule has 4 heteroatoms. The van der Waals surface area contributed by atoms with Gasteiger partial charge in [-0.15, -0.1) is 0 Å². The summed E-state index contributed by atoms with van der Waals surface area (Å²) in [6, 6.07) is 0. The molecule has 3 nitrogen and oxygen atoms in total. The Hall–Kier alpha value is -0.900. The topological polar surface area (TPSA) is 38.3 Å². The van der Waals surface area contributed by atoms with E-state index in [0.717, 1.165) is 6.42 Å². The van der Waals surface area contributed by atoms with Crippen LogP contribution in [0, 0.1) is 0 Å². The summed E-state index contributed by atoms with van der Waals surface area (Å²) in [5, 5.41) is 2.87. The van der Waals surface area contributed by atoms with Crippen molar-refractivity contribution in [3.63, 3.8) is 0 Å². The summed E-state index contributed by atoms with van der Waals surface area (Å²) in [5.41, 5.74) is -1.71. The molecular formula is C10H16FNO2. The zero-order valence-electron chi connectivity index (χ0n) is 8.44. The first-order valence-corrected chi connectivity index (χ1v) is 4.86. The first kappa shape index (κ1) is 11.2. The number of ether oxygens (including phenoxy) is 1. The summed E-state index contributed by atoms with van der Waals surface area (Å²) in [5.74, 6) is -0.820. The second kappa shape index (κ2) is 4.55. The molecule has 1 aliphatic rings. The minimum atomic E-state index is -2.04. The molecule has 1 N–H and O–H groups in total. The molecule has 0 spiro atoms. The van der Waals surface area contributed by atoms with Crippen LogP contribution in [0.4, 0.5) is 4.39 Å². The number of hydrogen-bond donors (Lipinski definition) is 1. The minimum absolute atomic E-state index is 0.0231. The van der Waals surface area contributed by atoms with Gasteiger partial charge in [0, 0.05) is 6.54 Å². The lowest BCUT2D eigenvalue weighted by Gasteiger charge is -2.23. The van der Waals surface area contributed by atoms with Gasteiger partial charge in [0.05, 0.1) is 6.61 Å². The summed E-state index contributed by atoms with van der Waals surface area (Å²) >= 11 is 0. The van der Waals surface area contributed by atoms with E-state index in [1.54, 1.807) is 6.92 Å². The molecule has 0 aliphatic carbocycles. The standard InChI is InChI=1S/C10H16FNO2/c1-3-14-9(13)10(11)7-12-6-4-5-8(10)2/h12H,2-7H2,1H3. The van der Waals surface area contributed by atoms with Gasteiger partial charge in [0.15, 0.2) is 0 Å². The van der Waals surface area contributed by atoms with Crippen LogP contribution >= 0.6 is 0 Å². The van der Waals surface area contributed by atoms with Crippen LogP contribution < -0.4 is 5.32 Å². The Labute approximate surface area is 83.3 Å². The molecule has 14 heavy (non-hydrogen) atoms. The Morgan fingerprint density at radius 2 is 2.50 bits per heavy atom. The van der Waals surface area contributed by atoms with Crippen LogP contribution in [-0.2, 0) is 9.53 Å². The Morgan fingerprint density at radius 1 is 1.79 bits per heavy atom. The van der Waals surface area contributed by atoms with Crippen molar-refractivity contribution in [2.45, 2.75) is 25.4 Å². The van der Waals surface area contributed by atoms with E-state index in [-0.39, 0.29) is 13.2 Å². The highest BCUT2D eigenvalue weighted by Crippen LogP contribution is 2.27. The number of carbonyl (C=O) groups is 1. The van der Waals surface area contributed by atoms with Gasteiger partial charge in [0.2, 0.25) is 5.67 Å². The molecule has 0 aromatic carbocycles. The summed E-state index contributed by atoms with van der Waals surface area (Å²) in [6.45, 7) is 6.16. The number of carbonyl (C=O) groups excluding carboxylic acids is 1. The van der Waals surface area contributed by atoms with Crippen molar-refractivity contribution in [2.24, 2.45) is 0 Å². The molecule has 0 amide bonds. The average Bonchev–Trinajstić information content (AvgIpc) is 2.31. The number of alkyl halides is 1. The predicted molar refractivity (Wildman–Crippen MR) is 51.7 cm³/mol. The first-order valence-electron chi connectivity index (χ1n) is 4.86. The van der Waals surface area contributed by atoms with E-state index in [0.29, 0.717) is 18.5 Å². The second-order valence-corrected chi connectivity index (χ2v) is 3.41. The lowest BCUT2D eigenvalue weighted by Crippen LogP contribution is -2.44. The Bertz CT molecular complexity index is 242. The van der Waals surface area contributed by atoms with Crippen molar-refractivity contribution in [1.82, 2.24) is 5.32 Å². The maximum Gasteiger partial charge on any atom is 0.349 e. The van der Waals surface area contributed by atoms with Gasteiger partial charge in [-0.1, -0.05) is 6.58 Å². The van der Waals surface area contributed by atoms with Crippen molar-refractivity contribution in [3.8, 4) is 0 Å². The largest absolute Gasteiger partial charge is 0.463 e. The zero-order valence-corrected chi connectivity index (χ0v) is 8.44. The molecule has 1 aliphatic heterocycles. The lowest BCUT2D eigenvalue weighted by molar-refractivity contribution is -0.154. The van der Waals surface area contributed by atoms with Crippen LogP contribution in [0.15, 0.2) is 12.2 Å². The highest BCUT2D eigenvalue weighted by Gasteiger charge is 2.43. The minimum Gasteiger partial charge on any atom is -0.463 e. The molecular weight excluding hydrogens is 185 g/mol. The molecule has 1 atom stereocenters. The third-order valence-electron chi connectivity index (χ3n) is 2.36. The zero-order chi connectivity index (χ0) is 10.6. The van der Waals surface area contributed by atoms with Crippen molar-refractivity contribution < 1.29 is 13.9 Å². The SMILES string of the molecule is C=C1CCCNCC1(F)C(=O)OCC. The van der Waals surface area contributed by atoms with Crippen LogP contribution in [0.2, 0.25) is 0 Å². The molecule has 0 bridgehead atoms. The van der Waals surface area contributed by atoms with E-state index in [4.69, 9.17) is 4.74 Å². The summed E-state index contributed by atoms with van der Waals surface area (Å²) in [7, 11) is 0. The van der Waals surface area contributed by atoms with Gasteiger partial charge in [-0.25, -0.2) is 9.18 Å². The first-order chi connectivity index (χ1) is 6.61. The molecule has 0 aromatic heterocycles. The Morgan fingerprint density at radius 3 is 3.14 bits per heavy atom. The fourth-order valence-corrected chi connectivity index (χ4v) is 1.47. The molecule has 1 unspecified atom stereocenters. The molecule has 1 heterocycles. The molecule has 0 saturated carbocycles. The normalized spacial score (nSPS) is 28.3. The van der Waals surface area contributed by atoms with E-state index >= 15 is 0 Å². The van der Waals surface area contributed by atoms with E-state index in [1.165, 1.54) is 0 Å². The van der Waals surface area contributed by atoms with Gasteiger partial charge in [-0.3, -0.25) is 0 Å². The predicted octanol–water partition coefficient (Wildman–Crippen LogP) is 1.20. The number of halogens is 1. The Kier molecular flexibility index (Phi) is 3.63. The second-order valence-electron chi connectivity index (χ2n) is 3.41. The van der Waals surface area contributed by atoms with E-state index < -0.39 is 11.6 Å². The molecule has 1 fully saturated rings. The van der Waals surface area contributed by atoms with Crippen LogP contribution in [0.3, 0.4) is 0 Å². The van der Waals surface area contributed by atoms with Crippen molar-refractivity contribution in [3.05, 3.63) is 12.2 Å². The van der Waals surface area contributed by atoms with E-state index in [9.17, 15) is 9.18 Å². The fourth-order valence-electron chi connectivity index (χ4n) is 1.47. The third-order valence-corrected chi connectivity index (χ3v) is 2.36. The highest BCUT2D eigenvalue weighted by atomic mass is 19.1. The molecule has 0 aromatic rings. The maximum atomic E-state index is 14.2. The van der Waals surface area contributed by atoms with Gasteiger partial charge in [-0.05, 0) is 31.9 Å². The average molecular weight is 201 g/mol. The van der Waals surface area contributed by atoms with E-state index in [2.05, 4.69) is 11.9 Å². The van der Waals surface area contributed by atoms with Crippen LogP contribution in [0.25, 0.3) is 0 Å². The highest BCUT2D eigenvalue weighted by molar-refractivity contribution is 5.83. The van der Waals surface area contributed by atoms with Crippen LogP contribution in [0.5, 0.6) is 0 Å². The molecule has 1 saturated heterocycles. The van der Waals surface area contributed by atoms with E-state index in [1.807, 2.05) is 0 Å². The van der Waals surface area contributed by atoms with Crippen LogP contribution in [0.1, 0.15) is 19.8 Å². The monoisotopic (exact) mass is 201 g/mol. The summed E-state index contributed by atoms with van der Waals surface area (Å²) in [6.07, 6.45) is 1.34.